The summed E-state index contributed by atoms with van der Waals surface area (Å²) >= 11 is 0. The summed E-state index contributed by atoms with van der Waals surface area (Å²) in [6.07, 6.45) is 5.46. The summed E-state index contributed by atoms with van der Waals surface area (Å²) in [4.78, 5) is 20.9. The number of aryl methyl sites for hydroxylation is 3. The van der Waals surface area contributed by atoms with Crippen molar-refractivity contribution in [2.24, 2.45) is 11.3 Å². The van der Waals surface area contributed by atoms with Crippen molar-refractivity contribution < 1.29 is 9.90 Å². The van der Waals surface area contributed by atoms with Crippen molar-refractivity contribution in [1.82, 2.24) is 15.3 Å². The summed E-state index contributed by atoms with van der Waals surface area (Å²) in [6, 6.07) is 14.8. The zero-order chi connectivity index (χ0) is 25.0. The number of rotatable bonds is 6. The van der Waals surface area contributed by atoms with Crippen LogP contribution in [-0.2, 0) is 11.2 Å². The Morgan fingerprint density at radius 2 is 1.97 bits per heavy atom. The van der Waals surface area contributed by atoms with Gasteiger partial charge in [0, 0.05) is 19.4 Å². The first-order valence-electron chi connectivity index (χ1n) is 13.2. The number of hydrogen-bond acceptors (Lipinski definition) is 3. The van der Waals surface area contributed by atoms with E-state index < -0.39 is 0 Å². The van der Waals surface area contributed by atoms with E-state index in [9.17, 15) is 9.90 Å². The van der Waals surface area contributed by atoms with Gasteiger partial charge in [-0.3, -0.25) is 4.79 Å². The number of aromatic amines is 1. The molecule has 0 bridgehead atoms. The van der Waals surface area contributed by atoms with E-state index in [2.05, 4.69) is 74.4 Å². The smallest absolute Gasteiger partial charge is 0.220 e. The third-order valence-electron chi connectivity index (χ3n) is 7.75. The average molecular weight is 476 g/mol. The molecule has 188 valence electrons. The molecule has 0 spiro atoms. The zero-order valence-corrected chi connectivity index (χ0v) is 21.7. The van der Waals surface area contributed by atoms with Crippen molar-refractivity contribution in [3.63, 3.8) is 0 Å². The van der Waals surface area contributed by atoms with Gasteiger partial charge in [0.05, 0.1) is 17.1 Å². The van der Waals surface area contributed by atoms with Crippen LogP contribution >= 0.6 is 0 Å². The molecule has 3 aromatic rings. The number of carbonyl (C=O) groups is 1. The third kappa shape index (κ3) is 6.72. The van der Waals surface area contributed by atoms with Crippen LogP contribution in [0.3, 0.4) is 0 Å². The zero-order valence-electron chi connectivity index (χ0n) is 21.7. The van der Waals surface area contributed by atoms with E-state index >= 15 is 0 Å². The molecule has 1 aliphatic rings. The number of aliphatic hydroxyl groups is 1. The molecule has 4 atom stereocenters. The highest BCUT2D eigenvalue weighted by molar-refractivity contribution is 5.80. The van der Waals surface area contributed by atoms with Crippen LogP contribution in [0, 0.1) is 25.2 Å². The second-order valence-electron chi connectivity index (χ2n) is 11.3. The van der Waals surface area contributed by atoms with Crippen LogP contribution in [0.1, 0.15) is 80.8 Å². The minimum absolute atomic E-state index is 0.0114. The lowest BCUT2D eigenvalue weighted by atomic mass is 9.74. The van der Waals surface area contributed by atoms with Crippen molar-refractivity contribution in [3.05, 3.63) is 65.0 Å². The van der Waals surface area contributed by atoms with Gasteiger partial charge in [-0.1, -0.05) is 56.7 Å². The molecule has 35 heavy (non-hydrogen) atoms. The SMILES string of the molecule is Cc1cc(C)c2nc(CCC(=O)NC[C@@]3(C)CC[C@@H](C)C[C@H](O)C[C@@H](c4ccccc4)C3)[nH]c2c1. The Labute approximate surface area is 209 Å². The van der Waals surface area contributed by atoms with Gasteiger partial charge in [0.2, 0.25) is 5.91 Å². The van der Waals surface area contributed by atoms with E-state index in [1.54, 1.807) is 0 Å². The van der Waals surface area contributed by atoms with E-state index in [1.165, 1.54) is 11.1 Å². The molecular weight excluding hydrogens is 434 g/mol. The minimum atomic E-state index is -0.275. The first-order chi connectivity index (χ1) is 16.7. The van der Waals surface area contributed by atoms with Gasteiger partial charge in [-0.05, 0) is 79.5 Å². The summed E-state index contributed by atoms with van der Waals surface area (Å²) in [6.45, 7) is 9.37. The first kappa shape index (κ1) is 25.4. The predicted molar refractivity (Wildman–Crippen MR) is 142 cm³/mol. The number of nitrogens with one attached hydrogen (secondary N) is 2. The maximum Gasteiger partial charge on any atom is 0.220 e. The van der Waals surface area contributed by atoms with Gasteiger partial charge in [-0.25, -0.2) is 4.98 Å². The maximum absolute atomic E-state index is 12.8. The topological polar surface area (TPSA) is 78.0 Å². The molecule has 4 rings (SSSR count). The van der Waals surface area contributed by atoms with Gasteiger partial charge in [0.15, 0.2) is 0 Å². The van der Waals surface area contributed by atoms with E-state index in [0.717, 1.165) is 54.5 Å². The van der Waals surface area contributed by atoms with Crippen molar-refractivity contribution in [1.29, 1.82) is 0 Å². The molecule has 0 radical (unpaired) electrons. The Bertz CT molecular complexity index is 1140. The second-order valence-corrected chi connectivity index (χ2v) is 11.3. The van der Waals surface area contributed by atoms with E-state index in [1.807, 2.05) is 6.07 Å². The summed E-state index contributed by atoms with van der Waals surface area (Å²) in [7, 11) is 0. The molecule has 2 aromatic carbocycles. The van der Waals surface area contributed by atoms with Gasteiger partial charge >= 0.3 is 0 Å². The fourth-order valence-electron chi connectivity index (χ4n) is 5.79. The Morgan fingerprint density at radius 3 is 2.74 bits per heavy atom. The van der Waals surface area contributed by atoms with Crippen LogP contribution in [0.4, 0.5) is 0 Å². The highest BCUT2D eigenvalue weighted by atomic mass is 16.3. The number of hydrogen-bond donors (Lipinski definition) is 3. The molecule has 0 aliphatic heterocycles. The number of H-pyrrole nitrogens is 1. The van der Waals surface area contributed by atoms with Crippen LogP contribution in [0.15, 0.2) is 42.5 Å². The Morgan fingerprint density at radius 1 is 1.20 bits per heavy atom. The average Bonchev–Trinajstić information content (AvgIpc) is 3.25. The molecule has 1 aliphatic carbocycles. The quantitative estimate of drug-likeness (QED) is 0.410. The van der Waals surface area contributed by atoms with Crippen LogP contribution in [0.25, 0.3) is 11.0 Å². The van der Waals surface area contributed by atoms with Crippen molar-refractivity contribution in [2.75, 3.05) is 6.54 Å². The molecule has 1 amide bonds. The Hall–Kier alpha value is -2.66. The summed E-state index contributed by atoms with van der Waals surface area (Å²) in [5.41, 5.74) is 5.68. The van der Waals surface area contributed by atoms with E-state index in [-0.39, 0.29) is 17.4 Å². The van der Waals surface area contributed by atoms with E-state index in [0.29, 0.717) is 31.2 Å². The number of aliphatic hydroxyl groups excluding tert-OH is 1. The largest absolute Gasteiger partial charge is 0.393 e. The van der Waals surface area contributed by atoms with Crippen molar-refractivity contribution >= 4 is 16.9 Å². The third-order valence-corrected chi connectivity index (χ3v) is 7.75. The molecule has 1 fully saturated rings. The summed E-state index contributed by atoms with van der Waals surface area (Å²) in [5.74, 6) is 1.71. The lowest BCUT2D eigenvalue weighted by molar-refractivity contribution is -0.121. The molecule has 1 heterocycles. The molecule has 0 saturated heterocycles. The minimum Gasteiger partial charge on any atom is -0.393 e. The molecule has 3 N–H and O–H groups in total. The normalized spacial score (nSPS) is 25.6. The maximum atomic E-state index is 12.8. The number of carbonyl (C=O) groups excluding carboxylic acids is 1. The van der Waals surface area contributed by atoms with Crippen molar-refractivity contribution in [3.8, 4) is 0 Å². The number of nitrogens with zero attached hydrogens (tertiary/aromatic N) is 1. The van der Waals surface area contributed by atoms with E-state index in [4.69, 9.17) is 4.98 Å². The number of amides is 1. The van der Waals surface area contributed by atoms with Crippen molar-refractivity contribution in [2.45, 2.75) is 84.7 Å². The van der Waals surface area contributed by atoms with Gasteiger partial charge < -0.3 is 15.4 Å². The lowest BCUT2D eigenvalue weighted by Gasteiger charge is -2.34. The number of imidazole rings is 1. The summed E-state index contributed by atoms with van der Waals surface area (Å²) < 4.78 is 0. The number of aromatic nitrogens is 2. The standard InChI is InChI=1S/C30H41N3O2/c1-20-12-13-30(4,18-24(17-25(34)15-20)23-8-6-5-7-9-23)19-31-28(35)11-10-27-32-26-16-21(2)14-22(3)29(26)33-27/h5-9,14,16,20,24-25,34H,10-13,15,17-19H2,1-4H3,(H,31,35)(H,32,33)/t20-,24-,25+,30+/m1/s1. The monoisotopic (exact) mass is 475 g/mol. The Kier molecular flexibility index (Phi) is 7.95. The molecule has 1 saturated carbocycles. The highest BCUT2D eigenvalue weighted by Crippen LogP contribution is 2.41. The number of fused-ring (bicyclic) bond motifs is 1. The first-order valence-corrected chi connectivity index (χ1v) is 13.2. The molecule has 5 nitrogen and oxygen atoms in total. The van der Waals surface area contributed by atoms with Crippen LogP contribution in [0.2, 0.25) is 0 Å². The molecular formula is C30H41N3O2. The van der Waals surface area contributed by atoms with Crippen LogP contribution in [0.5, 0.6) is 0 Å². The molecule has 1 aromatic heterocycles. The predicted octanol–water partition coefficient (Wildman–Crippen LogP) is 5.98. The summed E-state index contributed by atoms with van der Waals surface area (Å²) in [5, 5.41) is 14.0. The van der Waals surface area contributed by atoms with Gasteiger partial charge in [0.1, 0.15) is 5.82 Å². The lowest BCUT2D eigenvalue weighted by Crippen LogP contribution is -2.37. The Balaban J connectivity index is 1.39. The number of benzene rings is 2. The van der Waals surface area contributed by atoms with Gasteiger partial charge in [0.25, 0.3) is 0 Å². The fraction of sp³-hybridized carbons (Fsp3) is 0.533. The van der Waals surface area contributed by atoms with Crippen LogP contribution in [-0.4, -0.2) is 33.6 Å². The van der Waals surface area contributed by atoms with Gasteiger partial charge in [-0.2, -0.15) is 0 Å². The molecule has 5 heteroatoms. The van der Waals surface area contributed by atoms with Crippen LogP contribution < -0.4 is 5.32 Å². The highest BCUT2D eigenvalue weighted by Gasteiger charge is 2.33. The fourth-order valence-corrected chi connectivity index (χ4v) is 5.79. The molecule has 0 unspecified atom stereocenters. The second kappa shape index (κ2) is 10.9. The van der Waals surface area contributed by atoms with Gasteiger partial charge in [-0.15, -0.1) is 0 Å².